The highest BCUT2D eigenvalue weighted by molar-refractivity contribution is 5.95. The van der Waals surface area contributed by atoms with Crippen molar-refractivity contribution in [3.05, 3.63) is 65.7 Å². The number of nitrogen functional groups attached to an aromatic ring is 1. The van der Waals surface area contributed by atoms with E-state index < -0.39 is 0 Å². The minimum atomic E-state index is -0.321. The highest BCUT2D eigenvalue weighted by Crippen LogP contribution is 2.24. The van der Waals surface area contributed by atoms with Gasteiger partial charge in [-0.3, -0.25) is 5.41 Å². The van der Waals surface area contributed by atoms with Crippen molar-refractivity contribution in [2.45, 2.75) is 6.61 Å². The number of halogens is 2. The Kier molecular flexibility index (Phi) is 5.43. The molecule has 0 saturated carbocycles. The number of tetrazole rings is 1. The number of nitrogens with one attached hydrogen (secondary N) is 1. The molecule has 0 aliphatic carbocycles. The molecule has 3 aromatic rings. The molecule has 2 aromatic carbocycles. The van der Waals surface area contributed by atoms with Crippen LogP contribution in [0.2, 0.25) is 0 Å². The van der Waals surface area contributed by atoms with Gasteiger partial charge in [-0.2, -0.15) is 4.68 Å². The SMILES string of the molecule is Cl.N=C(N)c1ccc(OCc2cccc(F)c2)c(-n2cnnn2)c1. The van der Waals surface area contributed by atoms with Gasteiger partial charge >= 0.3 is 0 Å². The summed E-state index contributed by atoms with van der Waals surface area (Å²) < 4.78 is 20.4. The molecular formula is C15H14ClFN6O. The fraction of sp³-hybridized carbons (Fsp3) is 0.0667. The number of aromatic nitrogens is 4. The van der Waals surface area contributed by atoms with Gasteiger partial charge < -0.3 is 10.5 Å². The second-order valence-corrected chi connectivity index (χ2v) is 4.77. The summed E-state index contributed by atoms with van der Waals surface area (Å²) in [5.41, 5.74) is 7.27. The summed E-state index contributed by atoms with van der Waals surface area (Å²) in [5.74, 6) is 0.0984. The lowest BCUT2D eigenvalue weighted by atomic mass is 10.1. The quantitative estimate of drug-likeness (QED) is 0.543. The standard InChI is InChI=1S/C15H13FN6O.ClH/c16-12-3-1-2-10(6-12)8-23-14-5-4-11(15(17)18)7-13(14)22-9-19-20-21-22;/h1-7,9H,8H2,(H3,17,18);1H. The van der Waals surface area contributed by atoms with Crippen LogP contribution in [-0.4, -0.2) is 26.0 Å². The summed E-state index contributed by atoms with van der Waals surface area (Å²) in [5, 5.41) is 18.5. The Morgan fingerprint density at radius 2 is 2.08 bits per heavy atom. The first-order valence-corrected chi connectivity index (χ1v) is 6.72. The molecule has 1 aromatic heterocycles. The first kappa shape index (κ1) is 17.4. The van der Waals surface area contributed by atoms with Crippen LogP contribution in [0.25, 0.3) is 5.69 Å². The molecule has 24 heavy (non-hydrogen) atoms. The first-order chi connectivity index (χ1) is 11.1. The fourth-order valence-electron chi connectivity index (χ4n) is 2.05. The molecule has 3 rings (SSSR count). The van der Waals surface area contributed by atoms with E-state index in [0.29, 0.717) is 22.6 Å². The largest absolute Gasteiger partial charge is 0.487 e. The van der Waals surface area contributed by atoms with Crippen molar-refractivity contribution in [2.75, 3.05) is 0 Å². The Morgan fingerprint density at radius 3 is 2.75 bits per heavy atom. The molecule has 0 atom stereocenters. The van der Waals surface area contributed by atoms with Crippen LogP contribution in [0.3, 0.4) is 0 Å². The lowest BCUT2D eigenvalue weighted by Crippen LogP contribution is -2.12. The third kappa shape index (κ3) is 3.85. The van der Waals surface area contributed by atoms with E-state index in [0.717, 1.165) is 0 Å². The van der Waals surface area contributed by atoms with Crippen LogP contribution in [0.15, 0.2) is 48.8 Å². The predicted octanol–water partition coefficient (Wildman–Crippen LogP) is 2.09. The Balaban J connectivity index is 0.00000208. The van der Waals surface area contributed by atoms with Crippen molar-refractivity contribution in [3.63, 3.8) is 0 Å². The zero-order valence-corrected chi connectivity index (χ0v) is 13.2. The van der Waals surface area contributed by atoms with Crippen LogP contribution in [0.4, 0.5) is 4.39 Å². The Morgan fingerprint density at radius 1 is 1.25 bits per heavy atom. The van der Waals surface area contributed by atoms with E-state index >= 15 is 0 Å². The first-order valence-electron chi connectivity index (χ1n) is 6.72. The maximum absolute atomic E-state index is 13.2. The molecule has 0 fully saturated rings. The highest BCUT2D eigenvalue weighted by Gasteiger charge is 2.11. The van der Waals surface area contributed by atoms with Gasteiger partial charge in [0.2, 0.25) is 0 Å². The van der Waals surface area contributed by atoms with Gasteiger partial charge in [-0.1, -0.05) is 12.1 Å². The van der Waals surface area contributed by atoms with Crippen molar-refractivity contribution in [1.29, 1.82) is 5.41 Å². The summed E-state index contributed by atoms with van der Waals surface area (Å²) in [7, 11) is 0. The monoisotopic (exact) mass is 348 g/mol. The van der Waals surface area contributed by atoms with E-state index in [4.69, 9.17) is 15.9 Å². The second-order valence-electron chi connectivity index (χ2n) is 4.77. The average molecular weight is 349 g/mol. The minimum Gasteiger partial charge on any atom is -0.487 e. The average Bonchev–Trinajstić information content (AvgIpc) is 3.07. The molecule has 0 aliphatic heterocycles. The maximum atomic E-state index is 13.2. The molecule has 124 valence electrons. The number of ether oxygens (including phenoxy) is 1. The molecule has 0 spiro atoms. The van der Waals surface area contributed by atoms with Crippen LogP contribution >= 0.6 is 12.4 Å². The molecule has 0 amide bonds. The van der Waals surface area contributed by atoms with E-state index in [9.17, 15) is 4.39 Å². The molecule has 0 bridgehead atoms. The minimum absolute atomic E-state index is 0. The zero-order valence-electron chi connectivity index (χ0n) is 12.4. The van der Waals surface area contributed by atoms with Crippen molar-refractivity contribution in [3.8, 4) is 11.4 Å². The smallest absolute Gasteiger partial charge is 0.145 e. The third-order valence-electron chi connectivity index (χ3n) is 3.15. The molecule has 0 unspecified atom stereocenters. The normalized spacial score (nSPS) is 10.0. The van der Waals surface area contributed by atoms with Gasteiger partial charge in [0, 0.05) is 5.56 Å². The summed E-state index contributed by atoms with van der Waals surface area (Å²) in [6.07, 6.45) is 1.41. The summed E-state index contributed by atoms with van der Waals surface area (Å²) in [6, 6.07) is 11.2. The molecular weight excluding hydrogens is 335 g/mol. The number of hydrogen-bond donors (Lipinski definition) is 2. The second kappa shape index (κ2) is 7.51. The van der Waals surface area contributed by atoms with Crippen LogP contribution in [0.1, 0.15) is 11.1 Å². The maximum Gasteiger partial charge on any atom is 0.145 e. The molecule has 3 N–H and O–H groups in total. The van der Waals surface area contributed by atoms with Crippen LogP contribution < -0.4 is 10.5 Å². The molecule has 0 aliphatic rings. The van der Waals surface area contributed by atoms with Crippen molar-refractivity contribution in [1.82, 2.24) is 20.2 Å². The molecule has 0 saturated heterocycles. The van der Waals surface area contributed by atoms with Gasteiger partial charge in [0.05, 0.1) is 0 Å². The van der Waals surface area contributed by atoms with E-state index in [1.54, 1.807) is 30.3 Å². The van der Waals surface area contributed by atoms with Gasteiger partial charge in [-0.15, -0.1) is 17.5 Å². The fourth-order valence-corrected chi connectivity index (χ4v) is 2.05. The highest BCUT2D eigenvalue weighted by atomic mass is 35.5. The van der Waals surface area contributed by atoms with Gasteiger partial charge in [0.15, 0.2) is 0 Å². The molecule has 0 radical (unpaired) electrons. The van der Waals surface area contributed by atoms with Gasteiger partial charge in [0.25, 0.3) is 0 Å². The molecule has 1 heterocycles. The Labute approximate surface area is 143 Å². The topological polar surface area (TPSA) is 103 Å². The van der Waals surface area contributed by atoms with E-state index in [-0.39, 0.29) is 30.7 Å². The summed E-state index contributed by atoms with van der Waals surface area (Å²) >= 11 is 0. The van der Waals surface area contributed by atoms with Gasteiger partial charge in [0.1, 0.15) is 36.0 Å². The lowest BCUT2D eigenvalue weighted by Gasteiger charge is -2.12. The summed E-state index contributed by atoms with van der Waals surface area (Å²) in [4.78, 5) is 0. The molecule has 7 nitrogen and oxygen atoms in total. The number of nitrogens with two attached hydrogens (primary N) is 1. The zero-order chi connectivity index (χ0) is 16.2. The van der Waals surface area contributed by atoms with E-state index in [1.165, 1.54) is 23.1 Å². The number of rotatable bonds is 5. The number of nitrogens with zero attached hydrogens (tertiary/aromatic N) is 4. The van der Waals surface area contributed by atoms with Crippen LogP contribution in [0, 0.1) is 11.2 Å². The molecule has 9 heteroatoms. The van der Waals surface area contributed by atoms with E-state index in [2.05, 4.69) is 15.5 Å². The van der Waals surface area contributed by atoms with Gasteiger partial charge in [-0.05, 0) is 46.3 Å². The predicted molar refractivity (Wildman–Crippen MR) is 88.2 cm³/mol. The number of hydrogen-bond acceptors (Lipinski definition) is 5. The Bertz CT molecular complexity index is 840. The van der Waals surface area contributed by atoms with Crippen molar-refractivity contribution < 1.29 is 9.13 Å². The van der Waals surface area contributed by atoms with Crippen LogP contribution in [0.5, 0.6) is 5.75 Å². The van der Waals surface area contributed by atoms with Crippen LogP contribution in [-0.2, 0) is 6.61 Å². The van der Waals surface area contributed by atoms with Gasteiger partial charge in [-0.25, -0.2) is 4.39 Å². The number of amidine groups is 1. The number of benzene rings is 2. The lowest BCUT2D eigenvalue weighted by molar-refractivity contribution is 0.304. The Hall–Kier alpha value is -3.00. The third-order valence-corrected chi connectivity index (χ3v) is 3.15. The summed E-state index contributed by atoms with van der Waals surface area (Å²) in [6.45, 7) is 0.187. The van der Waals surface area contributed by atoms with E-state index in [1.807, 2.05) is 0 Å². The van der Waals surface area contributed by atoms with Crippen molar-refractivity contribution >= 4 is 18.2 Å². The van der Waals surface area contributed by atoms with Crippen molar-refractivity contribution in [2.24, 2.45) is 5.73 Å².